The van der Waals surface area contributed by atoms with Crippen LogP contribution >= 0.6 is 0 Å². The van der Waals surface area contributed by atoms with Crippen molar-refractivity contribution in [2.45, 2.75) is 32.7 Å². The summed E-state index contributed by atoms with van der Waals surface area (Å²) in [6.07, 6.45) is 6.06. The zero-order chi connectivity index (χ0) is 10.4. The zero-order valence-corrected chi connectivity index (χ0v) is 9.33. The summed E-state index contributed by atoms with van der Waals surface area (Å²) in [5.41, 5.74) is 1.33. The van der Waals surface area contributed by atoms with E-state index in [2.05, 4.69) is 30.2 Å². The van der Waals surface area contributed by atoms with E-state index in [0.29, 0.717) is 12.0 Å². The highest BCUT2D eigenvalue weighted by Gasteiger charge is 2.10. The molecule has 1 heterocycles. The fraction of sp³-hybridized carbons (Fsp3) is 0.583. The Morgan fingerprint density at radius 1 is 1.43 bits per heavy atom. The van der Waals surface area contributed by atoms with E-state index in [1.807, 2.05) is 25.5 Å². The fourth-order valence-corrected chi connectivity index (χ4v) is 1.68. The Labute approximate surface area is 86.8 Å². The van der Waals surface area contributed by atoms with Crippen molar-refractivity contribution in [2.75, 3.05) is 7.05 Å². The second-order valence-electron chi connectivity index (χ2n) is 4.04. The van der Waals surface area contributed by atoms with Crippen LogP contribution < -0.4 is 5.32 Å². The van der Waals surface area contributed by atoms with Crippen molar-refractivity contribution < 1.29 is 0 Å². The summed E-state index contributed by atoms with van der Waals surface area (Å²) < 4.78 is 0. The Morgan fingerprint density at radius 3 is 2.71 bits per heavy atom. The van der Waals surface area contributed by atoms with Gasteiger partial charge >= 0.3 is 0 Å². The molecule has 0 aliphatic rings. The summed E-state index contributed by atoms with van der Waals surface area (Å²) in [6.45, 7) is 4.51. The number of aryl methyl sites for hydroxylation is 1. The van der Waals surface area contributed by atoms with Crippen LogP contribution in [0.25, 0.3) is 0 Å². The van der Waals surface area contributed by atoms with Crippen LogP contribution in [0.5, 0.6) is 0 Å². The van der Waals surface area contributed by atoms with Gasteiger partial charge in [0.2, 0.25) is 0 Å². The average molecular weight is 192 g/mol. The number of aromatic nitrogens is 1. The van der Waals surface area contributed by atoms with Gasteiger partial charge in [0.05, 0.1) is 0 Å². The molecule has 1 aromatic heterocycles. The van der Waals surface area contributed by atoms with E-state index >= 15 is 0 Å². The highest BCUT2D eigenvalue weighted by atomic mass is 14.9. The van der Waals surface area contributed by atoms with Crippen molar-refractivity contribution in [3.63, 3.8) is 0 Å². The quantitative estimate of drug-likeness (QED) is 0.774. The normalized spacial score (nSPS) is 13.1. The largest absolute Gasteiger partial charge is 0.317 e. The minimum Gasteiger partial charge on any atom is -0.317 e. The molecular formula is C12H20N2. The second-order valence-corrected chi connectivity index (χ2v) is 4.04. The first-order valence-corrected chi connectivity index (χ1v) is 5.30. The second kappa shape index (κ2) is 5.76. The Bertz CT molecular complexity index is 244. The Morgan fingerprint density at radius 2 is 2.21 bits per heavy atom. The highest BCUT2D eigenvalue weighted by Crippen LogP contribution is 2.09. The van der Waals surface area contributed by atoms with E-state index in [1.165, 1.54) is 12.0 Å². The van der Waals surface area contributed by atoms with Crippen LogP contribution in [-0.2, 0) is 6.42 Å². The molecule has 0 aliphatic carbocycles. The summed E-state index contributed by atoms with van der Waals surface area (Å²) in [5, 5.41) is 3.35. The van der Waals surface area contributed by atoms with Crippen molar-refractivity contribution >= 4 is 0 Å². The lowest BCUT2D eigenvalue weighted by Gasteiger charge is -2.19. The lowest BCUT2D eigenvalue weighted by atomic mass is 9.97. The molecule has 0 saturated carbocycles. The number of nitrogens with zero attached hydrogens (tertiary/aromatic N) is 1. The van der Waals surface area contributed by atoms with Gasteiger partial charge in [-0.1, -0.05) is 19.9 Å². The van der Waals surface area contributed by atoms with Gasteiger partial charge in [-0.15, -0.1) is 0 Å². The van der Waals surface area contributed by atoms with Gasteiger partial charge in [0.15, 0.2) is 0 Å². The molecule has 2 nitrogen and oxygen atoms in total. The molecule has 2 heteroatoms. The van der Waals surface area contributed by atoms with Gasteiger partial charge in [0, 0.05) is 18.4 Å². The number of hydrogen-bond acceptors (Lipinski definition) is 2. The van der Waals surface area contributed by atoms with Crippen LogP contribution in [0.15, 0.2) is 24.5 Å². The third-order valence-electron chi connectivity index (χ3n) is 2.64. The first kappa shape index (κ1) is 11.2. The van der Waals surface area contributed by atoms with Gasteiger partial charge in [0.1, 0.15) is 0 Å². The van der Waals surface area contributed by atoms with Crippen molar-refractivity contribution in [3.8, 4) is 0 Å². The molecule has 1 rings (SSSR count). The number of pyridine rings is 1. The maximum absolute atomic E-state index is 4.11. The van der Waals surface area contributed by atoms with Crippen LogP contribution in [-0.4, -0.2) is 18.1 Å². The molecule has 0 saturated heterocycles. The molecule has 78 valence electrons. The fourth-order valence-electron chi connectivity index (χ4n) is 1.68. The van der Waals surface area contributed by atoms with Crippen LogP contribution in [0.1, 0.15) is 25.8 Å². The molecule has 1 aromatic rings. The molecular weight excluding hydrogens is 172 g/mol. The zero-order valence-electron chi connectivity index (χ0n) is 9.33. The van der Waals surface area contributed by atoms with Gasteiger partial charge in [-0.2, -0.15) is 0 Å². The number of hydrogen-bond donors (Lipinski definition) is 1. The molecule has 0 aliphatic heterocycles. The minimum atomic E-state index is 0.607. The van der Waals surface area contributed by atoms with Gasteiger partial charge in [-0.3, -0.25) is 4.98 Å². The van der Waals surface area contributed by atoms with Crippen LogP contribution in [0.4, 0.5) is 0 Å². The molecule has 14 heavy (non-hydrogen) atoms. The third-order valence-corrected chi connectivity index (χ3v) is 2.64. The van der Waals surface area contributed by atoms with Gasteiger partial charge in [-0.25, -0.2) is 0 Å². The molecule has 0 fully saturated rings. The maximum atomic E-state index is 4.11. The maximum Gasteiger partial charge on any atom is 0.0299 e. The first-order valence-electron chi connectivity index (χ1n) is 5.30. The topological polar surface area (TPSA) is 24.9 Å². The van der Waals surface area contributed by atoms with Gasteiger partial charge in [-0.05, 0) is 37.4 Å². The lowest BCUT2D eigenvalue weighted by molar-refractivity contribution is 0.403. The summed E-state index contributed by atoms with van der Waals surface area (Å²) in [4.78, 5) is 4.11. The van der Waals surface area contributed by atoms with E-state index in [9.17, 15) is 0 Å². The predicted octanol–water partition coefficient (Wildman–Crippen LogP) is 2.26. The van der Waals surface area contributed by atoms with Crippen molar-refractivity contribution in [1.82, 2.24) is 10.3 Å². The van der Waals surface area contributed by atoms with Gasteiger partial charge in [0.25, 0.3) is 0 Å². The number of nitrogens with one attached hydrogen (secondary N) is 1. The lowest BCUT2D eigenvalue weighted by Crippen LogP contribution is -2.30. The molecule has 0 radical (unpaired) electrons. The predicted molar refractivity (Wildman–Crippen MR) is 60.2 cm³/mol. The van der Waals surface area contributed by atoms with Gasteiger partial charge < -0.3 is 5.32 Å². The number of rotatable bonds is 5. The van der Waals surface area contributed by atoms with E-state index in [4.69, 9.17) is 0 Å². The summed E-state index contributed by atoms with van der Waals surface area (Å²) in [7, 11) is 2.04. The SMILES string of the molecule is CNC(CCc1cccnc1)C(C)C. The molecule has 0 bridgehead atoms. The minimum absolute atomic E-state index is 0.607. The van der Waals surface area contributed by atoms with Crippen molar-refractivity contribution in [1.29, 1.82) is 0 Å². The van der Waals surface area contributed by atoms with Crippen molar-refractivity contribution in [2.24, 2.45) is 5.92 Å². The average Bonchev–Trinajstić information content (AvgIpc) is 2.20. The molecule has 0 spiro atoms. The smallest absolute Gasteiger partial charge is 0.0299 e. The molecule has 1 atom stereocenters. The van der Waals surface area contributed by atoms with Crippen molar-refractivity contribution in [3.05, 3.63) is 30.1 Å². The standard InChI is InChI=1S/C12H20N2/c1-10(2)12(13-3)7-6-11-5-4-8-14-9-11/h4-5,8-10,12-13H,6-7H2,1-3H3. The van der Waals surface area contributed by atoms with Crippen LogP contribution in [0.2, 0.25) is 0 Å². The van der Waals surface area contributed by atoms with E-state index in [1.54, 1.807) is 0 Å². The Kier molecular flexibility index (Phi) is 4.60. The van der Waals surface area contributed by atoms with E-state index in [-0.39, 0.29) is 0 Å². The third kappa shape index (κ3) is 3.46. The summed E-state index contributed by atoms with van der Waals surface area (Å²) in [6, 6.07) is 4.74. The first-order chi connectivity index (χ1) is 6.74. The van der Waals surface area contributed by atoms with E-state index < -0.39 is 0 Å². The molecule has 0 aromatic carbocycles. The Balaban J connectivity index is 2.40. The Hall–Kier alpha value is -0.890. The molecule has 0 amide bonds. The monoisotopic (exact) mass is 192 g/mol. The van der Waals surface area contributed by atoms with Crippen LogP contribution in [0.3, 0.4) is 0 Å². The molecule has 1 N–H and O–H groups in total. The summed E-state index contributed by atoms with van der Waals surface area (Å²) >= 11 is 0. The highest BCUT2D eigenvalue weighted by molar-refractivity contribution is 5.08. The summed E-state index contributed by atoms with van der Waals surface area (Å²) in [5.74, 6) is 0.691. The van der Waals surface area contributed by atoms with E-state index in [0.717, 1.165) is 6.42 Å². The van der Waals surface area contributed by atoms with Crippen LogP contribution in [0, 0.1) is 5.92 Å². The molecule has 1 unspecified atom stereocenters.